The molecule has 0 heterocycles. The Labute approximate surface area is 84.9 Å². The Morgan fingerprint density at radius 2 is 2.15 bits per heavy atom. The van der Waals surface area contributed by atoms with Crippen LogP contribution in [0.3, 0.4) is 0 Å². The van der Waals surface area contributed by atoms with E-state index >= 15 is 0 Å². The number of amides is 1. The van der Waals surface area contributed by atoms with Crippen LogP contribution in [0.5, 0.6) is 0 Å². The number of nitrogens with two attached hydrogens (primary N) is 1. The molecule has 0 aromatic rings. The molecule has 1 amide bonds. The second-order valence-electron chi connectivity index (χ2n) is 4.14. The third-order valence-electron chi connectivity index (χ3n) is 2.81. The second kappa shape index (κ2) is 3.84. The van der Waals surface area contributed by atoms with Gasteiger partial charge in [-0.25, -0.2) is 0 Å². The molecule has 0 radical (unpaired) electrons. The fourth-order valence-electron chi connectivity index (χ4n) is 1.74. The highest BCUT2D eigenvalue weighted by Crippen LogP contribution is 2.49. The van der Waals surface area contributed by atoms with E-state index in [1.807, 2.05) is 0 Å². The predicted octanol–water partition coefficient (Wildman–Crippen LogP) is 0.670. The van der Waals surface area contributed by atoms with Gasteiger partial charge in [-0.3, -0.25) is 4.79 Å². The molecular weight excluding hydrogens is 188 g/mol. The Morgan fingerprint density at radius 1 is 1.54 bits per heavy atom. The monoisotopic (exact) mass is 204 g/mol. The molecule has 0 aliphatic heterocycles. The number of hydrogen-bond donors (Lipinski definition) is 2. The van der Waals surface area contributed by atoms with E-state index < -0.39 is 0 Å². The van der Waals surface area contributed by atoms with Crippen LogP contribution in [0.4, 0.5) is 0 Å². The van der Waals surface area contributed by atoms with Gasteiger partial charge in [-0.2, -0.15) is 0 Å². The summed E-state index contributed by atoms with van der Waals surface area (Å²) in [5.74, 6) is 1.71. The lowest BCUT2D eigenvalue weighted by atomic mass is 10.2. The summed E-state index contributed by atoms with van der Waals surface area (Å²) in [6.07, 6.45) is 3.92. The van der Waals surface area contributed by atoms with Crippen molar-refractivity contribution in [3.05, 3.63) is 0 Å². The molecule has 4 heteroatoms. The fraction of sp³-hybridized carbons (Fsp3) is 0.889. The smallest absolute Gasteiger partial charge is 0.236 e. The van der Waals surface area contributed by atoms with Crippen molar-refractivity contribution in [2.24, 2.45) is 17.6 Å². The van der Waals surface area contributed by atoms with Crippen LogP contribution in [0.15, 0.2) is 0 Å². The normalized spacial score (nSPS) is 33.1. The van der Waals surface area contributed by atoms with E-state index in [0.29, 0.717) is 6.04 Å². The molecule has 0 saturated heterocycles. The minimum absolute atomic E-state index is 0. The molecule has 2 aliphatic rings. The van der Waals surface area contributed by atoms with E-state index in [9.17, 15) is 4.79 Å². The molecule has 3 nitrogen and oxygen atoms in total. The SMILES string of the molecule is C[C@@H](N)C(=O)NC1CC1C1CC1.Cl. The Balaban J connectivity index is 0.000000845. The highest BCUT2D eigenvalue weighted by molar-refractivity contribution is 5.85. The second-order valence-corrected chi connectivity index (χ2v) is 4.14. The van der Waals surface area contributed by atoms with Crippen LogP contribution in [0.1, 0.15) is 26.2 Å². The van der Waals surface area contributed by atoms with Gasteiger partial charge in [0.1, 0.15) is 0 Å². The van der Waals surface area contributed by atoms with Crippen LogP contribution in [-0.2, 0) is 4.79 Å². The van der Waals surface area contributed by atoms with E-state index in [1.54, 1.807) is 6.92 Å². The number of rotatable bonds is 3. The standard InChI is InChI=1S/C9H16N2O.ClH/c1-5(10)9(12)11-8-4-7(8)6-2-3-6;/h5-8H,2-4,10H2,1H3,(H,11,12);1H/t5-,7?,8?;/m1./s1. The van der Waals surface area contributed by atoms with Crippen LogP contribution >= 0.6 is 12.4 Å². The first-order valence-corrected chi connectivity index (χ1v) is 4.74. The van der Waals surface area contributed by atoms with Crippen molar-refractivity contribution in [3.63, 3.8) is 0 Å². The largest absolute Gasteiger partial charge is 0.352 e. The maximum atomic E-state index is 11.1. The van der Waals surface area contributed by atoms with Crippen LogP contribution < -0.4 is 11.1 Å². The Hall–Kier alpha value is -0.280. The van der Waals surface area contributed by atoms with Gasteiger partial charge in [0.2, 0.25) is 5.91 Å². The van der Waals surface area contributed by atoms with Crippen molar-refractivity contribution >= 4 is 18.3 Å². The third-order valence-corrected chi connectivity index (χ3v) is 2.81. The topological polar surface area (TPSA) is 55.1 Å². The first-order chi connectivity index (χ1) is 5.68. The molecule has 0 aromatic carbocycles. The number of carbonyl (C=O) groups is 1. The summed E-state index contributed by atoms with van der Waals surface area (Å²) in [6, 6.07) is 0.0986. The van der Waals surface area contributed by atoms with Crippen molar-refractivity contribution in [2.45, 2.75) is 38.3 Å². The van der Waals surface area contributed by atoms with E-state index in [2.05, 4.69) is 5.32 Å². The molecule has 0 spiro atoms. The first-order valence-electron chi connectivity index (χ1n) is 4.74. The van der Waals surface area contributed by atoms with Crippen molar-refractivity contribution in [1.82, 2.24) is 5.32 Å². The first kappa shape index (κ1) is 10.8. The molecule has 2 unspecified atom stereocenters. The van der Waals surface area contributed by atoms with Gasteiger partial charge in [0.05, 0.1) is 6.04 Å². The maximum Gasteiger partial charge on any atom is 0.236 e. The molecule has 3 atom stereocenters. The lowest BCUT2D eigenvalue weighted by Gasteiger charge is -2.06. The zero-order chi connectivity index (χ0) is 8.72. The van der Waals surface area contributed by atoms with E-state index in [-0.39, 0.29) is 24.4 Å². The average molecular weight is 205 g/mol. The van der Waals surface area contributed by atoms with Crippen molar-refractivity contribution < 1.29 is 4.79 Å². The molecule has 13 heavy (non-hydrogen) atoms. The number of nitrogens with one attached hydrogen (secondary N) is 1. The highest BCUT2D eigenvalue weighted by Gasteiger charge is 2.48. The number of hydrogen-bond acceptors (Lipinski definition) is 2. The summed E-state index contributed by atoms with van der Waals surface area (Å²) in [5.41, 5.74) is 5.44. The minimum atomic E-state index is -0.356. The summed E-state index contributed by atoms with van der Waals surface area (Å²) in [5, 5.41) is 2.96. The highest BCUT2D eigenvalue weighted by atomic mass is 35.5. The third kappa shape index (κ3) is 2.58. The van der Waals surface area contributed by atoms with Crippen molar-refractivity contribution in [2.75, 3.05) is 0 Å². The Morgan fingerprint density at radius 3 is 2.62 bits per heavy atom. The van der Waals surface area contributed by atoms with Gasteiger partial charge in [0.25, 0.3) is 0 Å². The van der Waals surface area contributed by atoms with E-state index in [1.165, 1.54) is 19.3 Å². The summed E-state index contributed by atoms with van der Waals surface area (Å²) >= 11 is 0. The molecule has 2 fully saturated rings. The quantitative estimate of drug-likeness (QED) is 0.710. The zero-order valence-corrected chi connectivity index (χ0v) is 8.64. The van der Waals surface area contributed by atoms with Crippen molar-refractivity contribution in [3.8, 4) is 0 Å². The summed E-state index contributed by atoms with van der Waals surface area (Å²) < 4.78 is 0. The summed E-state index contributed by atoms with van der Waals surface area (Å²) in [6.45, 7) is 1.73. The van der Waals surface area contributed by atoms with Crippen molar-refractivity contribution in [1.29, 1.82) is 0 Å². The number of halogens is 1. The zero-order valence-electron chi connectivity index (χ0n) is 7.82. The van der Waals surface area contributed by atoms with Crippen LogP contribution in [0.2, 0.25) is 0 Å². The Bertz CT molecular complexity index is 204. The van der Waals surface area contributed by atoms with Gasteiger partial charge < -0.3 is 11.1 Å². The fourth-order valence-corrected chi connectivity index (χ4v) is 1.74. The molecule has 0 bridgehead atoms. The lowest BCUT2D eigenvalue weighted by molar-refractivity contribution is -0.122. The van der Waals surface area contributed by atoms with E-state index in [0.717, 1.165) is 11.8 Å². The van der Waals surface area contributed by atoms with Gasteiger partial charge >= 0.3 is 0 Å². The van der Waals surface area contributed by atoms with Gasteiger partial charge in [-0.1, -0.05) is 0 Å². The molecule has 76 valence electrons. The summed E-state index contributed by atoms with van der Waals surface area (Å²) in [7, 11) is 0. The molecule has 0 aromatic heterocycles. The lowest BCUT2D eigenvalue weighted by Crippen LogP contribution is -2.40. The molecule has 2 aliphatic carbocycles. The average Bonchev–Trinajstić information content (AvgIpc) is 2.79. The van der Waals surface area contributed by atoms with Gasteiger partial charge in [0.15, 0.2) is 0 Å². The van der Waals surface area contributed by atoms with Gasteiger partial charge in [-0.15, -0.1) is 12.4 Å². The molecular formula is C9H17ClN2O. The van der Waals surface area contributed by atoms with Crippen LogP contribution in [-0.4, -0.2) is 18.0 Å². The van der Waals surface area contributed by atoms with Gasteiger partial charge in [0, 0.05) is 6.04 Å². The van der Waals surface area contributed by atoms with Gasteiger partial charge in [-0.05, 0) is 38.0 Å². The number of carbonyl (C=O) groups excluding carboxylic acids is 1. The van der Waals surface area contributed by atoms with Crippen LogP contribution in [0, 0.1) is 11.8 Å². The Kier molecular flexibility index (Phi) is 3.19. The molecule has 2 rings (SSSR count). The maximum absolute atomic E-state index is 11.1. The molecule has 2 saturated carbocycles. The van der Waals surface area contributed by atoms with E-state index in [4.69, 9.17) is 5.73 Å². The predicted molar refractivity (Wildman–Crippen MR) is 53.7 cm³/mol. The molecule has 3 N–H and O–H groups in total. The van der Waals surface area contributed by atoms with Crippen LogP contribution in [0.25, 0.3) is 0 Å². The minimum Gasteiger partial charge on any atom is -0.352 e. The summed E-state index contributed by atoms with van der Waals surface area (Å²) in [4.78, 5) is 11.1.